The summed E-state index contributed by atoms with van der Waals surface area (Å²) < 4.78 is 48.5. The highest BCUT2D eigenvalue weighted by Crippen LogP contribution is 2.41. The number of hydrazone groups is 1. The van der Waals surface area contributed by atoms with Crippen molar-refractivity contribution in [2.75, 3.05) is 11.7 Å². The minimum Gasteiger partial charge on any atom is -0.452 e. The quantitative estimate of drug-likeness (QED) is 0.565. The predicted octanol–water partition coefficient (Wildman–Crippen LogP) is 4.67. The molecule has 1 aromatic heterocycles. The fraction of sp³-hybridized carbons (Fsp3) is 0.333. The molecule has 0 atom stereocenters. The number of nitrogens with zero attached hydrogens (tertiary/aromatic N) is 4. The molecule has 178 valence electrons. The van der Waals surface area contributed by atoms with Crippen molar-refractivity contribution in [2.45, 2.75) is 44.7 Å². The second-order valence-electron chi connectivity index (χ2n) is 8.53. The fourth-order valence-corrected chi connectivity index (χ4v) is 4.07. The first-order chi connectivity index (χ1) is 16.2. The van der Waals surface area contributed by atoms with Crippen molar-refractivity contribution < 1.29 is 27.8 Å². The fourth-order valence-electron chi connectivity index (χ4n) is 4.07. The molecule has 1 aliphatic heterocycles. The van der Waals surface area contributed by atoms with Crippen LogP contribution in [0.25, 0.3) is 0 Å². The zero-order chi connectivity index (χ0) is 23.9. The van der Waals surface area contributed by atoms with Crippen LogP contribution in [0.2, 0.25) is 0 Å². The Labute approximate surface area is 194 Å². The van der Waals surface area contributed by atoms with Crippen LogP contribution in [0.15, 0.2) is 59.7 Å². The summed E-state index contributed by atoms with van der Waals surface area (Å²) >= 11 is 0. The predicted molar refractivity (Wildman–Crippen MR) is 118 cm³/mol. The Hall–Kier alpha value is -3.53. The van der Waals surface area contributed by atoms with Gasteiger partial charge in [0.2, 0.25) is 0 Å². The molecule has 1 fully saturated rings. The van der Waals surface area contributed by atoms with Crippen LogP contribution in [-0.4, -0.2) is 33.9 Å². The normalized spacial score (nSPS) is 17.2. The van der Waals surface area contributed by atoms with Gasteiger partial charge in [-0.2, -0.15) is 5.10 Å². The zero-order valence-corrected chi connectivity index (χ0v) is 18.4. The van der Waals surface area contributed by atoms with E-state index >= 15 is 0 Å². The third-order valence-corrected chi connectivity index (χ3v) is 6.08. The number of aromatic nitrogens is 2. The minimum absolute atomic E-state index is 0.112. The highest BCUT2D eigenvalue weighted by atomic mass is 19.4. The first-order valence-corrected chi connectivity index (χ1v) is 10.9. The van der Waals surface area contributed by atoms with Crippen LogP contribution in [0.5, 0.6) is 5.75 Å². The number of rotatable bonds is 6. The van der Waals surface area contributed by atoms with E-state index in [1.165, 1.54) is 29.3 Å². The molecule has 0 bridgehead atoms. The number of anilines is 1. The second-order valence-corrected chi connectivity index (χ2v) is 8.53. The lowest BCUT2D eigenvalue weighted by atomic mass is 9.75. The summed E-state index contributed by atoms with van der Waals surface area (Å²) in [4.78, 5) is 0. The monoisotopic (exact) mass is 472 g/mol. The lowest BCUT2D eigenvalue weighted by molar-refractivity contribution is -0.274. The van der Waals surface area contributed by atoms with Crippen molar-refractivity contribution in [1.82, 2.24) is 9.78 Å². The minimum atomic E-state index is -4.74. The molecule has 0 radical (unpaired) electrons. The Morgan fingerprint density at radius 1 is 1.12 bits per heavy atom. The van der Waals surface area contributed by atoms with Gasteiger partial charge in [-0.1, -0.05) is 24.3 Å². The van der Waals surface area contributed by atoms with E-state index in [-0.39, 0.29) is 12.5 Å². The number of ether oxygens (including phenoxy) is 2. The van der Waals surface area contributed by atoms with Gasteiger partial charge in [-0.15, -0.1) is 18.3 Å². The van der Waals surface area contributed by atoms with Crippen LogP contribution in [0.3, 0.4) is 0 Å². The van der Waals surface area contributed by atoms with Crippen LogP contribution in [-0.2, 0) is 16.9 Å². The Kier molecular flexibility index (Phi) is 5.47. The summed E-state index contributed by atoms with van der Waals surface area (Å²) in [7, 11) is 0. The molecular weight excluding hydrogens is 449 g/mol. The van der Waals surface area contributed by atoms with E-state index in [4.69, 9.17) is 4.74 Å². The standard InChI is InChI=1S/C24H23F3N4O3/c1-16-12-21(28-30(16)14-17-4-2-5-18(13-17)23(32)10-3-11-23)22-29-31(15-33-22)19-6-8-20(9-7-19)34-24(25,26)27/h2,4-9,12-13,32H,3,10-11,14-15H2,1H3. The summed E-state index contributed by atoms with van der Waals surface area (Å²) in [6.07, 6.45) is -2.13. The molecule has 2 aromatic carbocycles. The third kappa shape index (κ3) is 4.58. The molecule has 0 spiro atoms. The average Bonchev–Trinajstić information content (AvgIpc) is 3.39. The van der Waals surface area contributed by atoms with E-state index in [0.717, 1.165) is 36.1 Å². The zero-order valence-electron chi connectivity index (χ0n) is 18.4. The number of aliphatic hydroxyl groups is 1. The van der Waals surface area contributed by atoms with Gasteiger partial charge >= 0.3 is 6.36 Å². The van der Waals surface area contributed by atoms with Crippen molar-refractivity contribution in [3.63, 3.8) is 0 Å². The molecule has 34 heavy (non-hydrogen) atoms. The maximum atomic E-state index is 12.4. The average molecular weight is 472 g/mol. The largest absolute Gasteiger partial charge is 0.573 e. The summed E-state index contributed by atoms with van der Waals surface area (Å²) in [5.41, 5.74) is 3.30. The number of aryl methyl sites for hydroxylation is 1. The molecule has 3 aromatic rings. The van der Waals surface area contributed by atoms with E-state index in [1.807, 2.05) is 41.9 Å². The molecule has 1 aliphatic carbocycles. The maximum Gasteiger partial charge on any atom is 0.573 e. The Morgan fingerprint density at radius 3 is 2.56 bits per heavy atom. The Morgan fingerprint density at radius 2 is 1.88 bits per heavy atom. The van der Waals surface area contributed by atoms with Gasteiger partial charge in [-0.3, -0.25) is 4.68 Å². The SMILES string of the molecule is Cc1cc(C2=NN(c3ccc(OC(F)(F)F)cc3)CO2)nn1Cc1cccc(C2(O)CCC2)c1. The molecular formula is C24H23F3N4O3. The van der Waals surface area contributed by atoms with Crippen molar-refractivity contribution in [3.8, 4) is 5.75 Å². The maximum absolute atomic E-state index is 12.4. The molecule has 1 saturated carbocycles. The van der Waals surface area contributed by atoms with Gasteiger partial charge in [0.1, 0.15) is 11.4 Å². The van der Waals surface area contributed by atoms with Crippen LogP contribution < -0.4 is 9.75 Å². The smallest absolute Gasteiger partial charge is 0.452 e. The highest BCUT2D eigenvalue weighted by molar-refractivity contribution is 5.94. The molecule has 2 aliphatic rings. The lowest BCUT2D eigenvalue weighted by Crippen LogP contribution is -2.33. The molecule has 0 unspecified atom stereocenters. The van der Waals surface area contributed by atoms with E-state index in [1.54, 1.807) is 0 Å². The van der Waals surface area contributed by atoms with Crippen LogP contribution >= 0.6 is 0 Å². The van der Waals surface area contributed by atoms with E-state index < -0.39 is 12.0 Å². The molecule has 7 nitrogen and oxygen atoms in total. The van der Waals surface area contributed by atoms with Gasteiger partial charge in [0.05, 0.1) is 17.8 Å². The first-order valence-electron chi connectivity index (χ1n) is 10.9. The number of hydrogen-bond acceptors (Lipinski definition) is 6. The number of halogens is 3. The van der Waals surface area contributed by atoms with Crippen molar-refractivity contribution in [3.05, 3.63) is 77.1 Å². The molecule has 0 amide bonds. The number of hydrogen-bond donors (Lipinski definition) is 1. The lowest BCUT2D eigenvalue weighted by Gasteiger charge is -2.37. The van der Waals surface area contributed by atoms with Gasteiger partial charge in [0.25, 0.3) is 5.90 Å². The van der Waals surface area contributed by atoms with E-state index in [0.29, 0.717) is 23.8 Å². The second kappa shape index (κ2) is 8.35. The van der Waals surface area contributed by atoms with Crippen LogP contribution in [0.4, 0.5) is 18.9 Å². The van der Waals surface area contributed by atoms with Crippen molar-refractivity contribution in [1.29, 1.82) is 0 Å². The summed E-state index contributed by atoms with van der Waals surface area (Å²) in [6.45, 7) is 2.58. The van der Waals surface area contributed by atoms with Crippen LogP contribution in [0, 0.1) is 6.92 Å². The summed E-state index contributed by atoms with van der Waals surface area (Å²) in [5, 5.41) is 21.2. The number of alkyl halides is 3. The van der Waals surface area contributed by atoms with Gasteiger partial charge in [0, 0.05) is 5.69 Å². The summed E-state index contributed by atoms with van der Waals surface area (Å²) in [5.74, 6) is 0.0263. The summed E-state index contributed by atoms with van der Waals surface area (Å²) in [6, 6.07) is 15.2. The van der Waals surface area contributed by atoms with Gasteiger partial charge < -0.3 is 14.6 Å². The first kappa shape index (κ1) is 22.3. The van der Waals surface area contributed by atoms with Gasteiger partial charge in [-0.25, -0.2) is 5.01 Å². The topological polar surface area (TPSA) is 72.1 Å². The molecule has 1 N–H and O–H groups in total. The highest BCUT2D eigenvalue weighted by Gasteiger charge is 2.36. The van der Waals surface area contributed by atoms with Crippen molar-refractivity contribution in [2.24, 2.45) is 5.10 Å². The van der Waals surface area contributed by atoms with Gasteiger partial charge in [-0.05, 0) is 67.6 Å². The van der Waals surface area contributed by atoms with Crippen molar-refractivity contribution >= 4 is 11.6 Å². The van der Waals surface area contributed by atoms with E-state index in [9.17, 15) is 18.3 Å². The van der Waals surface area contributed by atoms with Gasteiger partial charge in [0.15, 0.2) is 6.73 Å². The third-order valence-electron chi connectivity index (χ3n) is 6.08. The molecule has 2 heterocycles. The Balaban J connectivity index is 1.29. The number of benzene rings is 2. The van der Waals surface area contributed by atoms with E-state index in [2.05, 4.69) is 14.9 Å². The van der Waals surface area contributed by atoms with Crippen LogP contribution in [0.1, 0.15) is 41.8 Å². The molecule has 10 heteroatoms. The molecule has 0 saturated heterocycles. The molecule has 5 rings (SSSR count). The Bertz CT molecular complexity index is 1220.